The zero-order valence-electron chi connectivity index (χ0n) is 7.72. The minimum Gasteiger partial charge on any atom is -0.480 e. The van der Waals surface area contributed by atoms with Gasteiger partial charge in [0.05, 0.1) is 19.3 Å². The molecule has 0 aromatic carbocycles. The summed E-state index contributed by atoms with van der Waals surface area (Å²) in [5.74, 6) is -0.0745. The highest BCUT2D eigenvalue weighted by Gasteiger charge is 2.30. The van der Waals surface area contributed by atoms with E-state index in [-0.39, 0.29) is 6.54 Å². The van der Waals surface area contributed by atoms with Gasteiger partial charge in [-0.3, -0.25) is 9.69 Å². The van der Waals surface area contributed by atoms with Crippen molar-refractivity contribution in [2.75, 3.05) is 6.54 Å². The van der Waals surface area contributed by atoms with Gasteiger partial charge in [0.25, 0.3) is 0 Å². The van der Waals surface area contributed by atoms with Crippen molar-refractivity contribution in [1.82, 2.24) is 10.1 Å². The second kappa shape index (κ2) is 3.79. The van der Waals surface area contributed by atoms with Crippen molar-refractivity contribution in [1.29, 1.82) is 0 Å². The van der Waals surface area contributed by atoms with Crippen LogP contribution in [0.1, 0.15) is 18.6 Å². The maximum absolute atomic E-state index is 10.6. The lowest BCUT2D eigenvalue weighted by atomic mass is 10.4. The van der Waals surface area contributed by atoms with Crippen molar-refractivity contribution in [3.8, 4) is 0 Å². The first-order valence-electron chi connectivity index (χ1n) is 4.61. The van der Waals surface area contributed by atoms with E-state index in [4.69, 9.17) is 9.63 Å². The molecule has 0 radical (unpaired) electrons. The number of carboxylic acid groups (broad SMARTS) is 1. The fraction of sp³-hybridized carbons (Fsp3) is 0.556. The number of carboxylic acids is 1. The highest BCUT2D eigenvalue weighted by atomic mass is 16.5. The van der Waals surface area contributed by atoms with E-state index >= 15 is 0 Å². The predicted molar refractivity (Wildman–Crippen MR) is 47.6 cm³/mol. The fourth-order valence-corrected chi connectivity index (χ4v) is 1.45. The van der Waals surface area contributed by atoms with E-state index in [0.29, 0.717) is 12.6 Å². The molecule has 14 heavy (non-hydrogen) atoms. The Morgan fingerprint density at radius 1 is 1.71 bits per heavy atom. The van der Waals surface area contributed by atoms with Gasteiger partial charge in [-0.15, -0.1) is 0 Å². The van der Waals surface area contributed by atoms with Crippen molar-refractivity contribution in [2.45, 2.75) is 25.4 Å². The monoisotopic (exact) mass is 196 g/mol. The molecular weight excluding hydrogens is 184 g/mol. The number of hydrogen-bond donors (Lipinski definition) is 1. The first kappa shape index (κ1) is 9.21. The minimum atomic E-state index is -0.795. The molecule has 1 aromatic heterocycles. The van der Waals surface area contributed by atoms with E-state index in [1.54, 1.807) is 12.3 Å². The molecule has 0 amide bonds. The van der Waals surface area contributed by atoms with E-state index in [0.717, 1.165) is 18.6 Å². The minimum absolute atomic E-state index is 0.0748. The van der Waals surface area contributed by atoms with Gasteiger partial charge in [0, 0.05) is 12.1 Å². The first-order chi connectivity index (χ1) is 6.75. The topological polar surface area (TPSA) is 66.6 Å². The molecular formula is C9H12N2O3. The Kier molecular flexibility index (Phi) is 2.49. The van der Waals surface area contributed by atoms with E-state index < -0.39 is 5.97 Å². The van der Waals surface area contributed by atoms with Crippen LogP contribution in [0.2, 0.25) is 0 Å². The molecule has 0 saturated heterocycles. The van der Waals surface area contributed by atoms with Crippen LogP contribution in [0.4, 0.5) is 0 Å². The Labute approximate surface area is 81.3 Å². The molecule has 5 nitrogen and oxygen atoms in total. The van der Waals surface area contributed by atoms with Crippen LogP contribution < -0.4 is 0 Å². The first-order valence-corrected chi connectivity index (χ1v) is 4.61. The standard InChI is InChI=1S/C9H12N2O3/c12-9(13)6-11(7-1-2-7)5-8-3-4-10-14-8/h3-4,7H,1-2,5-6H2,(H,12,13). The number of hydrogen-bond acceptors (Lipinski definition) is 4. The summed E-state index contributed by atoms with van der Waals surface area (Å²) in [6.45, 7) is 0.613. The summed E-state index contributed by atoms with van der Waals surface area (Å²) >= 11 is 0. The summed E-state index contributed by atoms with van der Waals surface area (Å²) in [7, 11) is 0. The molecule has 0 spiro atoms. The third-order valence-corrected chi connectivity index (χ3v) is 2.25. The normalized spacial score (nSPS) is 16.1. The lowest BCUT2D eigenvalue weighted by molar-refractivity contribution is -0.138. The Hall–Kier alpha value is -1.36. The van der Waals surface area contributed by atoms with Crippen LogP contribution in [0.5, 0.6) is 0 Å². The van der Waals surface area contributed by atoms with E-state index in [1.807, 2.05) is 4.90 Å². The zero-order chi connectivity index (χ0) is 9.97. The average Bonchev–Trinajstić information content (AvgIpc) is 2.85. The average molecular weight is 196 g/mol. The highest BCUT2D eigenvalue weighted by molar-refractivity contribution is 5.69. The molecule has 1 saturated carbocycles. The van der Waals surface area contributed by atoms with Gasteiger partial charge in [-0.1, -0.05) is 5.16 Å². The molecule has 1 aliphatic carbocycles. The van der Waals surface area contributed by atoms with Gasteiger partial charge in [-0.2, -0.15) is 0 Å². The Morgan fingerprint density at radius 2 is 2.50 bits per heavy atom. The molecule has 1 aliphatic rings. The number of aliphatic carboxylic acids is 1. The van der Waals surface area contributed by atoms with Crippen LogP contribution in [0.15, 0.2) is 16.8 Å². The van der Waals surface area contributed by atoms with Crippen molar-refractivity contribution < 1.29 is 14.4 Å². The Balaban J connectivity index is 1.93. The molecule has 0 atom stereocenters. The van der Waals surface area contributed by atoms with Gasteiger partial charge in [0.1, 0.15) is 0 Å². The number of rotatable bonds is 5. The Bertz CT molecular complexity index is 306. The maximum Gasteiger partial charge on any atom is 0.317 e. The van der Waals surface area contributed by atoms with Crippen LogP contribution >= 0.6 is 0 Å². The van der Waals surface area contributed by atoms with Crippen LogP contribution in [0, 0.1) is 0 Å². The van der Waals surface area contributed by atoms with Crippen LogP contribution in [-0.4, -0.2) is 33.7 Å². The second-order valence-electron chi connectivity index (χ2n) is 3.51. The molecule has 1 heterocycles. The third-order valence-electron chi connectivity index (χ3n) is 2.25. The quantitative estimate of drug-likeness (QED) is 0.751. The van der Waals surface area contributed by atoms with Crippen molar-refractivity contribution in [2.24, 2.45) is 0 Å². The molecule has 1 aromatic rings. The molecule has 76 valence electrons. The molecule has 1 N–H and O–H groups in total. The van der Waals surface area contributed by atoms with E-state index in [1.165, 1.54) is 0 Å². The Morgan fingerprint density at radius 3 is 3.00 bits per heavy atom. The van der Waals surface area contributed by atoms with Crippen LogP contribution in [-0.2, 0) is 11.3 Å². The van der Waals surface area contributed by atoms with Crippen molar-refractivity contribution in [3.63, 3.8) is 0 Å². The highest BCUT2D eigenvalue weighted by Crippen LogP contribution is 2.27. The molecule has 0 bridgehead atoms. The van der Waals surface area contributed by atoms with E-state index in [2.05, 4.69) is 5.16 Å². The largest absolute Gasteiger partial charge is 0.480 e. The summed E-state index contributed by atoms with van der Waals surface area (Å²) in [6.07, 6.45) is 3.74. The van der Waals surface area contributed by atoms with E-state index in [9.17, 15) is 4.79 Å². The molecule has 0 aliphatic heterocycles. The predicted octanol–water partition coefficient (Wildman–Crippen LogP) is 0.724. The summed E-state index contributed by atoms with van der Waals surface area (Å²) in [6, 6.07) is 2.17. The molecule has 1 fully saturated rings. The van der Waals surface area contributed by atoms with Gasteiger partial charge in [-0.25, -0.2) is 0 Å². The van der Waals surface area contributed by atoms with Gasteiger partial charge >= 0.3 is 5.97 Å². The van der Waals surface area contributed by atoms with Crippen molar-refractivity contribution in [3.05, 3.63) is 18.0 Å². The number of nitrogens with zero attached hydrogens (tertiary/aromatic N) is 2. The second-order valence-corrected chi connectivity index (χ2v) is 3.51. The summed E-state index contributed by atoms with van der Waals surface area (Å²) in [5.41, 5.74) is 0. The maximum atomic E-state index is 10.6. The number of carbonyl (C=O) groups is 1. The summed E-state index contributed by atoms with van der Waals surface area (Å²) in [4.78, 5) is 12.5. The summed E-state index contributed by atoms with van der Waals surface area (Å²) < 4.78 is 4.94. The molecule has 2 rings (SSSR count). The summed E-state index contributed by atoms with van der Waals surface area (Å²) in [5, 5.41) is 12.3. The van der Waals surface area contributed by atoms with Crippen LogP contribution in [0.3, 0.4) is 0 Å². The lowest BCUT2D eigenvalue weighted by Crippen LogP contribution is -2.31. The number of aromatic nitrogens is 1. The zero-order valence-corrected chi connectivity index (χ0v) is 7.72. The van der Waals surface area contributed by atoms with Crippen molar-refractivity contribution >= 4 is 5.97 Å². The van der Waals surface area contributed by atoms with Gasteiger partial charge in [-0.05, 0) is 12.8 Å². The smallest absolute Gasteiger partial charge is 0.317 e. The fourth-order valence-electron chi connectivity index (χ4n) is 1.45. The lowest BCUT2D eigenvalue weighted by Gasteiger charge is -2.17. The van der Waals surface area contributed by atoms with Gasteiger partial charge in [0.15, 0.2) is 5.76 Å². The molecule has 0 unspecified atom stereocenters. The third kappa shape index (κ3) is 2.32. The van der Waals surface area contributed by atoms with Gasteiger partial charge < -0.3 is 9.63 Å². The SMILES string of the molecule is O=C(O)CN(Cc1ccno1)C1CC1. The van der Waals surface area contributed by atoms with Gasteiger partial charge in [0.2, 0.25) is 0 Å². The van der Waals surface area contributed by atoms with Crippen LogP contribution in [0.25, 0.3) is 0 Å². The molecule has 5 heteroatoms.